The van der Waals surface area contributed by atoms with Crippen molar-refractivity contribution in [3.05, 3.63) is 29.8 Å². The van der Waals surface area contributed by atoms with E-state index < -0.39 is 10.0 Å². The molecular weight excluding hydrogens is 310 g/mol. The van der Waals surface area contributed by atoms with Crippen LogP contribution in [-0.2, 0) is 19.5 Å². The van der Waals surface area contributed by atoms with Gasteiger partial charge in [-0.25, -0.2) is 13.6 Å². The molecule has 124 valence electrons. The fraction of sp³-hybridized carbons (Fsp3) is 0.462. The average molecular weight is 331 g/mol. The van der Waals surface area contributed by atoms with Crippen LogP contribution in [0.4, 0.5) is 0 Å². The molecule has 0 atom stereocenters. The zero-order valence-electron chi connectivity index (χ0n) is 12.2. The zero-order valence-corrected chi connectivity index (χ0v) is 13.0. The molecule has 9 heteroatoms. The van der Waals surface area contributed by atoms with Gasteiger partial charge in [-0.15, -0.1) is 0 Å². The highest BCUT2D eigenvalue weighted by molar-refractivity contribution is 7.89. The number of amides is 1. The quantitative estimate of drug-likeness (QED) is 0.474. The Kier molecular flexibility index (Phi) is 7.99. The normalized spacial score (nSPS) is 11.4. The fourth-order valence-electron chi connectivity index (χ4n) is 1.54. The topological polar surface area (TPSA) is 134 Å². The van der Waals surface area contributed by atoms with Gasteiger partial charge >= 0.3 is 0 Å². The second-order valence-electron chi connectivity index (χ2n) is 4.34. The monoisotopic (exact) mass is 331 g/mol. The van der Waals surface area contributed by atoms with E-state index in [0.717, 1.165) is 0 Å². The summed E-state index contributed by atoms with van der Waals surface area (Å²) in [7, 11) is -3.75. The summed E-state index contributed by atoms with van der Waals surface area (Å²) in [6.45, 7) is 2.55. The van der Waals surface area contributed by atoms with Crippen LogP contribution in [0.15, 0.2) is 29.2 Å². The molecule has 5 N–H and O–H groups in total. The molecule has 0 aliphatic carbocycles. The second-order valence-corrected chi connectivity index (χ2v) is 5.90. The van der Waals surface area contributed by atoms with Gasteiger partial charge in [0.15, 0.2) is 0 Å². The van der Waals surface area contributed by atoms with E-state index in [1.807, 2.05) is 0 Å². The molecule has 0 aromatic heterocycles. The van der Waals surface area contributed by atoms with Gasteiger partial charge in [-0.1, -0.05) is 0 Å². The summed E-state index contributed by atoms with van der Waals surface area (Å²) in [5.74, 6) is -0.316. The first-order valence-electron chi connectivity index (χ1n) is 6.72. The van der Waals surface area contributed by atoms with Crippen LogP contribution in [0.5, 0.6) is 0 Å². The van der Waals surface area contributed by atoms with E-state index in [9.17, 15) is 13.2 Å². The standard InChI is InChI=1S/C13H21N3O5S/c14-5-7-20-9-10-21-8-6-16-13(17)11-1-3-12(4-2-11)22(15,18)19/h1-4H,5-10,14H2,(H,16,17)(H2,15,18,19). The van der Waals surface area contributed by atoms with Gasteiger partial charge in [-0.05, 0) is 24.3 Å². The molecule has 0 aliphatic heterocycles. The first kappa shape index (κ1) is 18.5. The van der Waals surface area contributed by atoms with Gasteiger partial charge in [-0.2, -0.15) is 0 Å². The maximum Gasteiger partial charge on any atom is 0.251 e. The predicted octanol–water partition coefficient (Wildman–Crippen LogP) is -0.944. The fourth-order valence-corrected chi connectivity index (χ4v) is 2.06. The van der Waals surface area contributed by atoms with E-state index in [-0.39, 0.29) is 10.8 Å². The summed E-state index contributed by atoms with van der Waals surface area (Å²) in [6, 6.07) is 5.37. The highest BCUT2D eigenvalue weighted by Crippen LogP contribution is 2.08. The van der Waals surface area contributed by atoms with Crippen molar-refractivity contribution < 1.29 is 22.7 Å². The lowest BCUT2D eigenvalue weighted by atomic mass is 10.2. The van der Waals surface area contributed by atoms with Crippen LogP contribution in [0.2, 0.25) is 0 Å². The van der Waals surface area contributed by atoms with Gasteiger partial charge in [0.2, 0.25) is 10.0 Å². The molecule has 0 saturated heterocycles. The van der Waals surface area contributed by atoms with E-state index >= 15 is 0 Å². The number of benzene rings is 1. The summed E-state index contributed by atoms with van der Waals surface area (Å²) in [6.07, 6.45) is 0. The maximum atomic E-state index is 11.8. The number of hydrogen-bond acceptors (Lipinski definition) is 6. The molecule has 1 aromatic rings. The Morgan fingerprint density at radius 2 is 1.64 bits per heavy atom. The highest BCUT2D eigenvalue weighted by Gasteiger charge is 2.09. The zero-order chi connectivity index (χ0) is 16.4. The van der Waals surface area contributed by atoms with E-state index in [1.165, 1.54) is 24.3 Å². The van der Waals surface area contributed by atoms with Crippen LogP contribution in [0.25, 0.3) is 0 Å². The number of sulfonamides is 1. The minimum Gasteiger partial charge on any atom is -0.378 e. The summed E-state index contributed by atoms with van der Waals surface area (Å²) >= 11 is 0. The highest BCUT2D eigenvalue weighted by atomic mass is 32.2. The number of primary sulfonamides is 1. The van der Waals surface area contributed by atoms with Gasteiger partial charge in [0.25, 0.3) is 5.91 Å². The maximum absolute atomic E-state index is 11.8. The molecule has 0 unspecified atom stereocenters. The number of carbonyl (C=O) groups is 1. The Labute approximate surface area is 129 Å². The third-order valence-electron chi connectivity index (χ3n) is 2.61. The number of nitrogens with two attached hydrogens (primary N) is 2. The molecule has 0 spiro atoms. The van der Waals surface area contributed by atoms with E-state index in [4.69, 9.17) is 20.3 Å². The van der Waals surface area contributed by atoms with Gasteiger partial charge in [0, 0.05) is 18.7 Å². The number of rotatable bonds is 10. The smallest absolute Gasteiger partial charge is 0.251 e. The lowest BCUT2D eigenvalue weighted by molar-refractivity contribution is 0.0511. The Morgan fingerprint density at radius 1 is 1.05 bits per heavy atom. The Bertz CT molecular complexity index is 560. The van der Waals surface area contributed by atoms with Crippen molar-refractivity contribution in [1.82, 2.24) is 5.32 Å². The average Bonchev–Trinajstić information content (AvgIpc) is 2.49. The number of carbonyl (C=O) groups excluding carboxylic acids is 1. The van der Waals surface area contributed by atoms with Gasteiger partial charge in [0.05, 0.1) is 31.3 Å². The van der Waals surface area contributed by atoms with Crippen molar-refractivity contribution in [2.24, 2.45) is 10.9 Å². The third-order valence-corrected chi connectivity index (χ3v) is 3.54. The Hall–Kier alpha value is -1.52. The minimum atomic E-state index is -3.75. The second kappa shape index (κ2) is 9.49. The van der Waals surface area contributed by atoms with Crippen LogP contribution in [-0.4, -0.2) is 53.8 Å². The number of hydrogen-bond donors (Lipinski definition) is 3. The van der Waals surface area contributed by atoms with Gasteiger partial charge < -0.3 is 20.5 Å². The number of ether oxygens (including phenoxy) is 2. The molecule has 0 heterocycles. The summed E-state index contributed by atoms with van der Waals surface area (Å²) < 4.78 is 32.6. The van der Waals surface area contributed by atoms with Crippen LogP contribution in [0.1, 0.15) is 10.4 Å². The molecule has 0 bridgehead atoms. The van der Waals surface area contributed by atoms with Crippen molar-refractivity contribution in [3.8, 4) is 0 Å². The molecule has 0 fully saturated rings. The first-order chi connectivity index (χ1) is 10.4. The van der Waals surface area contributed by atoms with Crippen LogP contribution in [0, 0.1) is 0 Å². The Balaban J connectivity index is 2.25. The van der Waals surface area contributed by atoms with Crippen molar-refractivity contribution >= 4 is 15.9 Å². The molecular formula is C13H21N3O5S. The molecule has 22 heavy (non-hydrogen) atoms. The molecule has 0 saturated carbocycles. The molecule has 1 aromatic carbocycles. The third kappa shape index (κ3) is 6.96. The summed E-state index contributed by atoms with van der Waals surface area (Å²) in [4.78, 5) is 11.8. The first-order valence-corrected chi connectivity index (χ1v) is 8.26. The Morgan fingerprint density at radius 3 is 2.18 bits per heavy atom. The van der Waals surface area contributed by atoms with E-state index in [0.29, 0.717) is 45.1 Å². The van der Waals surface area contributed by atoms with Crippen molar-refractivity contribution in [2.45, 2.75) is 4.90 Å². The van der Waals surface area contributed by atoms with Crippen LogP contribution in [0.3, 0.4) is 0 Å². The molecule has 0 radical (unpaired) electrons. The van der Waals surface area contributed by atoms with Crippen molar-refractivity contribution in [3.63, 3.8) is 0 Å². The van der Waals surface area contributed by atoms with E-state index in [1.54, 1.807) is 0 Å². The van der Waals surface area contributed by atoms with E-state index in [2.05, 4.69) is 5.32 Å². The molecule has 1 rings (SSSR count). The largest absolute Gasteiger partial charge is 0.378 e. The lowest BCUT2D eigenvalue weighted by Gasteiger charge is -2.07. The predicted molar refractivity (Wildman–Crippen MR) is 80.8 cm³/mol. The minimum absolute atomic E-state index is 0.0372. The van der Waals surface area contributed by atoms with Crippen molar-refractivity contribution in [2.75, 3.05) is 39.5 Å². The van der Waals surface area contributed by atoms with Crippen molar-refractivity contribution in [1.29, 1.82) is 0 Å². The number of nitrogens with one attached hydrogen (secondary N) is 1. The lowest BCUT2D eigenvalue weighted by Crippen LogP contribution is -2.27. The molecule has 8 nitrogen and oxygen atoms in total. The SMILES string of the molecule is NCCOCCOCCNC(=O)c1ccc(S(N)(=O)=O)cc1. The molecule has 0 aliphatic rings. The van der Waals surface area contributed by atoms with Gasteiger partial charge in [0.1, 0.15) is 0 Å². The summed E-state index contributed by atoms with van der Waals surface area (Å²) in [5.41, 5.74) is 5.60. The van der Waals surface area contributed by atoms with Crippen LogP contribution >= 0.6 is 0 Å². The van der Waals surface area contributed by atoms with Crippen LogP contribution < -0.4 is 16.2 Å². The van der Waals surface area contributed by atoms with Gasteiger partial charge in [-0.3, -0.25) is 4.79 Å². The summed E-state index contributed by atoms with van der Waals surface area (Å²) in [5, 5.41) is 7.63. The molecule has 1 amide bonds.